The van der Waals surface area contributed by atoms with E-state index in [2.05, 4.69) is 12.1 Å². The molecule has 1 aliphatic rings. The molecule has 2 rings (SSSR count). The third-order valence-electron chi connectivity index (χ3n) is 3.43. The van der Waals surface area contributed by atoms with Gasteiger partial charge in [0, 0.05) is 0 Å². The Morgan fingerprint density at radius 1 is 1.30 bits per heavy atom. The molecule has 1 fully saturated rings. The number of carbonyl (C=O) groups is 1. The van der Waals surface area contributed by atoms with Crippen LogP contribution in [0, 0.1) is 0 Å². The quantitative estimate of drug-likeness (QED) is 0.614. The predicted octanol–water partition coefficient (Wildman–Crippen LogP) is 1.52. The minimum absolute atomic E-state index is 0.00290. The molecule has 1 heterocycles. The van der Waals surface area contributed by atoms with E-state index in [0.717, 1.165) is 12.8 Å². The zero-order chi connectivity index (χ0) is 14.6. The first-order chi connectivity index (χ1) is 9.62. The van der Waals surface area contributed by atoms with Crippen LogP contribution in [0.1, 0.15) is 19.8 Å². The van der Waals surface area contributed by atoms with Crippen molar-refractivity contribution in [3.8, 4) is 0 Å². The summed E-state index contributed by atoms with van der Waals surface area (Å²) in [4.78, 5) is 12.2. The van der Waals surface area contributed by atoms with Crippen LogP contribution in [0.2, 0.25) is 4.82 Å². The third-order valence-corrected chi connectivity index (χ3v) is 6.31. The fourth-order valence-corrected chi connectivity index (χ4v) is 5.12. The summed E-state index contributed by atoms with van der Waals surface area (Å²) >= 11 is 0.0889. The Kier molecular flexibility index (Phi) is 5.22. The van der Waals surface area contributed by atoms with Crippen LogP contribution in [0.5, 0.6) is 0 Å². The SMILES string of the molecule is COC(=O)[C@@]1(OC)O[C@@H](C)CC[C@H]1[Se]c1ccccc1. The summed E-state index contributed by atoms with van der Waals surface area (Å²) in [7, 11) is 2.89. The molecule has 0 spiro atoms. The van der Waals surface area contributed by atoms with Gasteiger partial charge in [0.15, 0.2) is 0 Å². The van der Waals surface area contributed by atoms with Gasteiger partial charge in [-0.3, -0.25) is 0 Å². The van der Waals surface area contributed by atoms with Crippen molar-refractivity contribution in [2.45, 2.75) is 36.5 Å². The average Bonchev–Trinajstić information content (AvgIpc) is 2.49. The van der Waals surface area contributed by atoms with Gasteiger partial charge < -0.3 is 0 Å². The van der Waals surface area contributed by atoms with Gasteiger partial charge in [0.05, 0.1) is 0 Å². The Balaban J connectivity index is 2.25. The van der Waals surface area contributed by atoms with Crippen LogP contribution < -0.4 is 4.46 Å². The minimum atomic E-state index is -1.26. The van der Waals surface area contributed by atoms with E-state index in [4.69, 9.17) is 14.2 Å². The van der Waals surface area contributed by atoms with Gasteiger partial charge >= 0.3 is 125 Å². The summed E-state index contributed by atoms with van der Waals surface area (Å²) < 4.78 is 17.5. The Hall–Kier alpha value is -0.871. The summed E-state index contributed by atoms with van der Waals surface area (Å²) in [5, 5.41) is 0. The fraction of sp³-hybridized carbons (Fsp3) is 0.533. The van der Waals surface area contributed by atoms with E-state index in [1.165, 1.54) is 18.7 Å². The molecule has 1 saturated heterocycles. The summed E-state index contributed by atoms with van der Waals surface area (Å²) in [5.74, 6) is -1.70. The van der Waals surface area contributed by atoms with Crippen LogP contribution in [-0.4, -0.2) is 47.0 Å². The molecule has 1 aromatic rings. The molecule has 0 amide bonds. The van der Waals surface area contributed by atoms with Crippen molar-refractivity contribution in [1.82, 2.24) is 0 Å². The van der Waals surface area contributed by atoms with Gasteiger partial charge in [-0.25, -0.2) is 0 Å². The Morgan fingerprint density at radius 2 is 2.00 bits per heavy atom. The molecular formula is C15H20O4Se. The molecule has 0 radical (unpaired) electrons. The first-order valence-corrected chi connectivity index (χ1v) is 8.50. The number of hydrogen-bond donors (Lipinski definition) is 0. The van der Waals surface area contributed by atoms with Crippen LogP contribution in [-0.2, 0) is 19.0 Å². The topological polar surface area (TPSA) is 44.8 Å². The molecule has 0 N–H and O–H groups in total. The van der Waals surface area contributed by atoms with Gasteiger partial charge in [0.1, 0.15) is 0 Å². The summed E-state index contributed by atoms with van der Waals surface area (Å²) in [6, 6.07) is 10.2. The molecule has 4 nitrogen and oxygen atoms in total. The predicted molar refractivity (Wildman–Crippen MR) is 77.1 cm³/mol. The van der Waals surface area contributed by atoms with Crippen molar-refractivity contribution in [3.63, 3.8) is 0 Å². The first kappa shape index (κ1) is 15.5. The summed E-state index contributed by atoms with van der Waals surface area (Å²) in [5.41, 5.74) is 0. The van der Waals surface area contributed by atoms with Crippen LogP contribution in [0.15, 0.2) is 30.3 Å². The molecule has 0 aromatic heterocycles. The van der Waals surface area contributed by atoms with Crippen molar-refractivity contribution in [3.05, 3.63) is 30.3 Å². The maximum atomic E-state index is 12.2. The Bertz CT molecular complexity index is 450. The van der Waals surface area contributed by atoms with Crippen LogP contribution in [0.4, 0.5) is 0 Å². The number of esters is 1. The monoisotopic (exact) mass is 344 g/mol. The molecule has 1 aromatic carbocycles. The van der Waals surface area contributed by atoms with Gasteiger partial charge in [-0.2, -0.15) is 0 Å². The third kappa shape index (κ3) is 3.07. The van der Waals surface area contributed by atoms with E-state index in [-0.39, 0.29) is 25.9 Å². The van der Waals surface area contributed by atoms with Crippen LogP contribution in [0.25, 0.3) is 0 Å². The number of carbonyl (C=O) groups excluding carboxylic acids is 1. The van der Waals surface area contributed by atoms with Crippen molar-refractivity contribution in [1.29, 1.82) is 0 Å². The molecule has 3 atom stereocenters. The summed E-state index contributed by atoms with van der Waals surface area (Å²) in [6.45, 7) is 1.96. The normalized spacial score (nSPS) is 29.9. The second-order valence-corrected chi connectivity index (χ2v) is 7.47. The fourth-order valence-electron chi connectivity index (χ4n) is 2.39. The van der Waals surface area contributed by atoms with E-state index in [1.807, 2.05) is 25.1 Å². The maximum absolute atomic E-state index is 12.2. The molecule has 1 aliphatic heterocycles. The van der Waals surface area contributed by atoms with Gasteiger partial charge in [-0.05, 0) is 0 Å². The molecule has 110 valence electrons. The van der Waals surface area contributed by atoms with Crippen LogP contribution in [0.3, 0.4) is 0 Å². The van der Waals surface area contributed by atoms with Gasteiger partial charge in [-0.15, -0.1) is 0 Å². The molecule has 0 unspecified atom stereocenters. The molecule has 5 heteroatoms. The Labute approximate surface area is 125 Å². The molecular weight excluding hydrogens is 323 g/mol. The zero-order valence-electron chi connectivity index (χ0n) is 12.0. The molecule has 0 bridgehead atoms. The molecule has 0 aliphatic carbocycles. The van der Waals surface area contributed by atoms with E-state index in [9.17, 15) is 4.79 Å². The number of rotatable bonds is 4. The number of benzene rings is 1. The van der Waals surface area contributed by atoms with E-state index < -0.39 is 11.8 Å². The van der Waals surface area contributed by atoms with E-state index >= 15 is 0 Å². The second-order valence-electron chi connectivity index (χ2n) is 4.79. The average molecular weight is 343 g/mol. The zero-order valence-corrected chi connectivity index (χ0v) is 13.7. The summed E-state index contributed by atoms with van der Waals surface area (Å²) in [6.07, 6.45) is 1.83. The number of hydrogen-bond acceptors (Lipinski definition) is 4. The second kappa shape index (κ2) is 6.72. The standard InChI is InChI=1S/C15H20O4Se/c1-11-9-10-13(20-12-7-5-4-6-8-12)15(18-3,19-11)14(16)17-2/h4-8,11,13H,9-10H2,1-3H3/t11-,13+,15-/m0/s1. The van der Waals surface area contributed by atoms with Crippen molar-refractivity contribution in [2.75, 3.05) is 14.2 Å². The molecule has 20 heavy (non-hydrogen) atoms. The van der Waals surface area contributed by atoms with Crippen molar-refractivity contribution < 1.29 is 19.0 Å². The van der Waals surface area contributed by atoms with Gasteiger partial charge in [0.25, 0.3) is 0 Å². The van der Waals surface area contributed by atoms with E-state index in [0.29, 0.717) is 0 Å². The van der Waals surface area contributed by atoms with Crippen LogP contribution >= 0.6 is 0 Å². The van der Waals surface area contributed by atoms with Gasteiger partial charge in [0.2, 0.25) is 0 Å². The first-order valence-electron chi connectivity index (χ1n) is 6.65. The number of methoxy groups -OCH3 is 2. The number of ether oxygens (including phenoxy) is 3. The Morgan fingerprint density at radius 3 is 2.60 bits per heavy atom. The van der Waals surface area contributed by atoms with Crippen molar-refractivity contribution >= 4 is 25.4 Å². The van der Waals surface area contributed by atoms with Crippen molar-refractivity contribution in [2.24, 2.45) is 0 Å². The van der Waals surface area contributed by atoms with Gasteiger partial charge in [-0.1, -0.05) is 0 Å². The molecule has 0 saturated carbocycles. The van der Waals surface area contributed by atoms with E-state index in [1.54, 1.807) is 0 Å².